The lowest BCUT2D eigenvalue weighted by atomic mass is 9.88. The molecule has 0 aliphatic carbocycles. The molecule has 1 heteroatoms. The van der Waals surface area contributed by atoms with Crippen molar-refractivity contribution in [3.8, 4) is 0 Å². The fourth-order valence-corrected chi connectivity index (χ4v) is 2.60. The van der Waals surface area contributed by atoms with E-state index >= 15 is 0 Å². The lowest BCUT2D eigenvalue weighted by Gasteiger charge is -2.16. The van der Waals surface area contributed by atoms with Gasteiger partial charge >= 0.3 is 0 Å². The predicted octanol–water partition coefficient (Wildman–Crippen LogP) is 4.76. The summed E-state index contributed by atoms with van der Waals surface area (Å²) in [5.74, 6) is 0.469. The Balaban J connectivity index is 2.23. The molecule has 2 N–H and O–H groups in total. The summed E-state index contributed by atoms with van der Waals surface area (Å²) in [6.45, 7) is 4.46. The summed E-state index contributed by atoms with van der Waals surface area (Å²) >= 11 is 0. The Labute approximate surface area is 116 Å². The zero-order chi connectivity index (χ0) is 13.7. The fraction of sp³-hybridized carbons (Fsp3) is 0.333. The Morgan fingerprint density at radius 2 is 1.37 bits per heavy atom. The molecule has 1 unspecified atom stereocenters. The summed E-state index contributed by atoms with van der Waals surface area (Å²) in [5, 5.41) is 0. The molecule has 0 aromatic heterocycles. The van der Waals surface area contributed by atoms with Crippen LogP contribution in [0, 0.1) is 0 Å². The van der Waals surface area contributed by atoms with Gasteiger partial charge in [0, 0.05) is 11.6 Å². The van der Waals surface area contributed by atoms with Crippen LogP contribution in [0.3, 0.4) is 0 Å². The third kappa shape index (κ3) is 3.37. The summed E-state index contributed by atoms with van der Waals surface area (Å²) in [7, 11) is 0. The van der Waals surface area contributed by atoms with Gasteiger partial charge in [-0.2, -0.15) is 0 Å². The molecule has 0 radical (unpaired) electrons. The molecule has 0 bridgehead atoms. The number of nitrogen functional groups attached to an aromatic ring is 1. The molecule has 0 heterocycles. The molecular weight excluding hydrogens is 230 g/mol. The van der Waals surface area contributed by atoms with Crippen LogP contribution in [0.25, 0.3) is 0 Å². The number of rotatable bonds is 5. The maximum atomic E-state index is 5.76. The summed E-state index contributed by atoms with van der Waals surface area (Å²) in [5.41, 5.74) is 10.8. The van der Waals surface area contributed by atoms with Crippen molar-refractivity contribution in [2.45, 2.75) is 39.0 Å². The van der Waals surface area contributed by atoms with E-state index in [0.29, 0.717) is 5.92 Å². The predicted molar refractivity (Wildman–Crippen MR) is 83.4 cm³/mol. The summed E-state index contributed by atoms with van der Waals surface area (Å²) in [4.78, 5) is 0. The van der Waals surface area contributed by atoms with Crippen LogP contribution in [0.1, 0.15) is 49.3 Å². The van der Waals surface area contributed by atoms with Crippen molar-refractivity contribution < 1.29 is 0 Å². The van der Waals surface area contributed by atoms with Gasteiger partial charge in [0.2, 0.25) is 0 Å². The summed E-state index contributed by atoms with van der Waals surface area (Å²) in [6.07, 6.45) is 3.48. The zero-order valence-electron chi connectivity index (χ0n) is 11.9. The summed E-state index contributed by atoms with van der Waals surface area (Å²) < 4.78 is 0. The van der Waals surface area contributed by atoms with Gasteiger partial charge in [-0.3, -0.25) is 0 Å². The van der Waals surface area contributed by atoms with Crippen LogP contribution in [0.15, 0.2) is 48.5 Å². The first-order valence-corrected chi connectivity index (χ1v) is 7.18. The monoisotopic (exact) mass is 253 g/mol. The van der Waals surface area contributed by atoms with Crippen molar-refractivity contribution in [2.24, 2.45) is 0 Å². The average molecular weight is 253 g/mol. The number of anilines is 1. The van der Waals surface area contributed by atoms with Crippen molar-refractivity contribution in [1.82, 2.24) is 0 Å². The number of aryl methyl sites for hydroxylation is 1. The second-order valence-corrected chi connectivity index (χ2v) is 5.12. The molecule has 0 spiro atoms. The minimum absolute atomic E-state index is 0.469. The summed E-state index contributed by atoms with van der Waals surface area (Å²) in [6, 6.07) is 17.3. The van der Waals surface area contributed by atoms with Crippen molar-refractivity contribution in [2.75, 3.05) is 5.73 Å². The van der Waals surface area contributed by atoms with Crippen LogP contribution < -0.4 is 5.73 Å². The quantitative estimate of drug-likeness (QED) is 0.764. The lowest BCUT2D eigenvalue weighted by Crippen LogP contribution is -2.00. The minimum Gasteiger partial charge on any atom is -0.399 e. The Kier molecular flexibility index (Phi) is 4.62. The molecule has 0 saturated heterocycles. The smallest absolute Gasteiger partial charge is 0.0314 e. The standard InChI is InChI=1S/C18H23N/c1-3-5-14-6-8-15(9-7-14)18(4-2)16-10-12-17(19)13-11-16/h6-13,18H,3-5,19H2,1-2H3. The molecule has 1 nitrogen and oxygen atoms in total. The largest absolute Gasteiger partial charge is 0.399 e. The highest BCUT2D eigenvalue weighted by molar-refractivity contribution is 5.43. The van der Waals surface area contributed by atoms with Gasteiger partial charge in [0.1, 0.15) is 0 Å². The van der Waals surface area contributed by atoms with Crippen LogP contribution in [0.5, 0.6) is 0 Å². The van der Waals surface area contributed by atoms with Crippen LogP contribution in [-0.2, 0) is 6.42 Å². The normalized spacial score (nSPS) is 12.3. The molecule has 1 atom stereocenters. The van der Waals surface area contributed by atoms with Gasteiger partial charge in [0.15, 0.2) is 0 Å². The van der Waals surface area contributed by atoms with E-state index in [4.69, 9.17) is 5.73 Å². The molecule has 0 aliphatic heterocycles. The van der Waals surface area contributed by atoms with E-state index in [9.17, 15) is 0 Å². The molecule has 2 aromatic carbocycles. The molecule has 0 amide bonds. The first-order valence-electron chi connectivity index (χ1n) is 7.18. The van der Waals surface area contributed by atoms with Crippen molar-refractivity contribution >= 4 is 5.69 Å². The van der Waals surface area contributed by atoms with E-state index in [-0.39, 0.29) is 0 Å². The highest BCUT2D eigenvalue weighted by atomic mass is 14.5. The molecule has 0 fully saturated rings. The fourth-order valence-electron chi connectivity index (χ4n) is 2.60. The second-order valence-electron chi connectivity index (χ2n) is 5.12. The molecule has 0 saturated carbocycles. The number of nitrogens with two attached hydrogens (primary N) is 1. The third-order valence-corrected chi connectivity index (χ3v) is 3.67. The van der Waals surface area contributed by atoms with E-state index in [1.54, 1.807) is 0 Å². The highest BCUT2D eigenvalue weighted by Crippen LogP contribution is 2.28. The molecule has 2 rings (SSSR count). The van der Waals surface area contributed by atoms with E-state index in [2.05, 4.69) is 50.2 Å². The van der Waals surface area contributed by atoms with Gasteiger partial charge in [-0.15, -0.1) is 0 Å². The number of hydrogen-bond donors (Lipinski definition) is 1. The zero-order valence-corrected chi connectivity index (χ0v) is 11.9. The number of hydrogen-bond acceptors (Lipinski definition) is 1. The van der Waals surface area contributed by atoms with E-state index in [1.165, 1.54) is 29.5 Å². The first kappa shape index (κ1) is 13.7. The van der Waals surface area contributed by atoms with Crippen molar-refractivity contribution in [3.63, 3.8) is 0 Å². The highest BCUT2D eigenvalue weighted by Gasteiger charge is 2.11. The molecule has 100 valence electrons. The average Bonchev–Trinajstić information content (AvgIpc) is 2.44. The number of benzene rings is 2. The van der Waals surface area contributed by atoms with E-state index in [0.717, 1.165) is 12.1 Å². The first-order chi connectivity index (χ1) is 9.24. The lowest BCUT2D eigenvalue weighted by molar-refractivity contribution is 0.776. The maximum absolute atomic E-state index is 5.76. The van der Waals surface area contributed by atoms with E-state index < -0.39 is 0 Å². The van der Waals surface area contributed by atoms with Crippen LogP contribution in [0.4, 0.5) is 5.69 Å². The van der Waals surface area contributed by atoms with Gasteiger partial charge in [-0.05, 0) is 41.7 Å². The maximum Gasteiger partial charge on any atom is 0.0314 e. The van der Waals surface area contributed by atoms with Gasteiger partial charge in [-0.1, -0.05) is 56.7 Å². The Morgan fingerprint density at radius 1 is 0.842 bits per heavy atom. The topological polar surface area (TPSA) is 26.0 Å². The van der Waals surface area contributed by atoms with Gasteiger partial charge in [0.05, 0.1) is 0 Å². The van der Waals surface area contributed by atoms with Crippen LogP contribution >= 0.6 is 0 Å². The van der Waals surface area contributed by atoms with Crippen molar-refractivity contribution in [3.05, 3.63) is 65.2 Å². The van der Waals surface area contributed by atoms with Gasteiger partial charge < -0.3 is 5.73 Å². The van der Waals surface area contributed by atoms with Gasteiger partial charge in [0.25, 0.3) is 0 Å². The van der Waals surface area contributed by atoms with Crippen LogP contribution in [0.2, 0.25) is 0 Å². The Morgan fingerprint density at radius 3 is 1.84 bits per heavy atom. The molecule has 0 aliphatic rings. The Bertz CT molecular complexity index is 496. The molecule has 2 aromatic rings. The minimum atomic E-state index is 0.469. The third-order valence-electron chi connectivity index (χ3n) is 3.67. The molecule has 19 heavy (non-hydrogen) atoms. The van der Waals surface area contributed by atoms with E-state index in [1.807, 2.05) is 12.1 Å². The van der Waals surface area contributed by atoms with Crippen LogP contribution in [-0.4, -0.2) is 0 Å². The second kappa shape index (κ2) is 6.42. The SMILES string of the molecule is CCCc1ccc(C(CC)c2ccc(N)cc2)cc1. The molecular formula is C18H23N. The van der Waals surface area contributed by atoms with Crippen molar-refractivity contribution in [1.29, 1.82) is 0 Å². The van der Waals surface area contributed by atoms with Gasteiger partial charge in [-0.25, -0.2) is 0 Å². The Hall–Kier alpha value is -1.76.